The number of nitrogens with two attached hydrogens (primary N) is 1. The van der Waals surface area contributed by atoms with Crippen LogP contribution in [-0.2, 0) is 9.53 Å². The molecule has 2 rings (SSSR count). The fourth-order valence-corrected chi connectivity index (χ4v) is 2.33. The minimum atomic E-state index is -0.375. The van der Waals surface area contributed by atoms with Gasteiger partial charge < -0.3 is 15.4 Å². The lowest BCUT2D eigenvalue weighted by molar-refractivity contribution is -0.122. The molecule has 0 radical (unpaired) electrons. The molecule has 1 amide bonds. The molecule has 1 atom stereocenters. The Kier molecular flexibility index (Phi) is 4.55. The molecule has 0 bridgehead atoms. The Labute approximate surface area is 117 Å². The van der Waals surface area contributed by atoms with Crippen LogP contribution in [0.2, 0.25) is 0 Å². The van der Waals surface area contributed by atoms with E-state index in [9.17, 15) is 9.59 Å². The number of carbonyl (C=O) groups excluding carboxylic acids is 2. The molecule has 1 aliphatic heterocycles. The second-order valence-corrected chi connectivity index (χ2v) is 4.81. The maximum Gasteiger partial charge on any atom is 0.339 e. The first-order valence-electron chi connectivity index (χ1n) is 6.79. The molecule has 0 saturated carbocycles. The van der Waals surface area contributed by atoms with Crippen molar-refractivity contribution in [3.8, 4) is 0 Å². The highest BCUT2D eigenvalue weighted by Crippen LogP contribution is 2.21. The van der Waals surface area contributed by atoms with Gasteiger partial charge in [-0.2, -0.15) is 0 Å². The molecule has 0 spiro atoms. The van der Waals surface area contributed by atoms with Gasteiger partial charge in [0.15, 0.2) is 0 Å². The number of ether oxygens (including phenoxy) is 1. The summed E-state index contributed by atoms with van der Waals surface area (Å²) in [4.78, 5) is 29.1. The molecule has 1 aromatic heterocycles. The summed E-state index contributed by atoms with van der Waals surface area (Å²) in [5.74, 6) is -0.0164. The van der Waals surface area contributed by atoms with Crippen molar-refractivity contribution in [1.82, 2.24) is 4.98 Å². The predicted molar refractivity (Wildman–Crippen MR) is 74.3 cm³/mol. The minimum absolute atomic E-state index is 0.129. The maximum atomic E-state index is 11.5. The molecule has 6 nitrogen and oxygen atoms in total. The van der Waals surface area contributed by atoms with Crippen molar-refractivity contribution < 1.29 is 14.3 Å². The number of rotatable bonds is 4. The van der Waals surface area contributed by atoms with Gasteiger partial charge in [0.25, 0.3) is 0 Å². The Morgan fingerprint density at radius 1 is 1.50 bits per heavy atom. The number of aromatic nitrogens is 1. The molecule has 1 aromatic rings. The van der Waals surface area contributed by atoms with Crippen molar-refractivity contribution in [2.45, 2.75) is 19.8 Å². The fraction of sp³-hybridized carbons (Fsp3) is 0.500. The highest BCUT2D eigenvalue weighted by Gasteiger charge is 2.24. The van der Waals surface area contributed by atoms with Crippen LogP contribution < -0.4 is 10.6 Å². The van der Waals surface area contributed by atoms with Gasteiger partial charge in [-0.05, 0) is 31.9 Å². The standard InChI is InChI=1S/C14H19N3O3/c1-2-20-14(19)10-5-6-12(16-8-10)17-7-3-4-11(9-17)13(15)18/h5-6,8,11H,2-4,7,9H2,1H3,(H2,15,18)/t11-/m0/s1. The summed E-state index contributed by atoms with van der Waals surface area (Å²) in [6, 6.07) is 3.46. The van der Waals surface area contributed by atoms with Crippen molar-refractivity contribution in [2.24, 2.45) is 11.7 Å². The molecule has 6 heteroatoms. The van der Waals surface area contributed by atoms with Gasteiger partial charge in [0.2, 0.25) is 5.91 Å². The van der Waals surface area contributed by atoms with Crippen LogP contribution in [0.5, 0.6) is 0 Å². The zero-order valence-electron chi connectivity index (χ0n) is 11.5. The first kappa shape index (κ1) is 14.3. The van der Waals surface area contributed by atoms with Gasteiger partial charge >= 0.3 is 5.97 Å². The fourth-order valence-electron chi connectivity index (χ4n) is 2.33. The lowest BCUT2D eigenvalue weighted by Gasteiger charge is -2.32. The molecule has 1 saturated heterocycles. The van der Waals surface area contributed by atoms with Crippen molar-refractivity contribution in [2.75, 3.05) is 24.6 Å². The van der Waals surface area contributed by atoms with Gasteiger partial charge in [0, 0.05) is 19.3 Å². The van der Waals surface area contributed by atoms with Gasteiger partial charge in [-0.15, -0.1) is 0 Å². The van der Waals surface area contributed by atoms with E-state index in [0.717, 1.165) is 25.2 Å². The van der Waals surface area contributed by atoms with Gasteiger partial charge in [-0.1, -0.05) is 0 Å². The van der Waals surface area contributed by atoms with E-state index in [4.69, 9.17) is 10.5 Å². The molecule has 0 aliphatic carbocycles. The number of hydrogen-bond acceptors (Lipinski definition) is 5. The van der Waals surface area contributed by atoms with Crippen LogP contribution in [0, 0.1) is 5.92 Å². The number of esters is 1. The van der Waals surface area contributed by atoms with Crippen LogP contribution in [0.15, 0.2) is 18.3 Å². The molecule has 108 valence electrons. The maximum absolute atomic E-state index is 11.5. The third-order valence-corrected chi connectivity index (χ3v) is 3.41. The Bertz CT molecular complexity index is 487. The molecule has 2 N–H and O–H groups in total. The van der Waals surface area contributed by atoms with E-state index in [1.54, 1.807) is 19.1 Å². The van der Waals surface area contributed by atoms with Crippen LogP contribution in [0.1, 0.15) is 30.1 Å². The zero-order chi connectivity index (χ0) is 14.5. The predicted octanol–water partition coefficient (Wildman–Crippen LogP) is 0.960. The molecule has 0 unspecified atom stereocenters. The summed E-state index contributed by atoms with van der Waals surface area (Å²) >= 11 is 0. The molecular formula is C14H19N3O3. The lowest BCUT2D eigenvalue weighted by atomic mass is 9.97. The average molecular weight is 277 g/mol. The van der Waals surface area contributed by atoms with E-state index in [1.807, 2.05) is 4.90 Å². The van der Waals surface area contributed by atoms with Crippen LogP contribution in [0.25, 0.3) is 0 Å². The topological polar surface area (TPSA) is 85.5 Å². The summed E-state index contributed by atoms with van der Waals surface area (Å²) < 4.78 is 4.91. The molecule has 1 fully saturated rings. The number of pyridine rings is 1. The minimum Gasteiger partial charge on any atom is -0.462 e. The summed E-state index contributed by atoms with van der Waals surface area (Å²) in [6.07, 6.45) is 3.24. The Balaban J connectivity index is 2.06. The van der Waals surface area contributed by atoms with Crippen molar-refractivity contribution in [3.05, 3.63) is 23.9 Å². The van der Waals surface area contributed by atoms with Crippen LogP contribution in [-0.4, -0.2) is 36.6 Å². The first-order chi connectivity index (χ1) is 9.61. The van der Waals surface area contributed by atoms with E-state index < -0.39 is 0 Å². The summed E-state index contributed by atoms with van der Waals surface area (Å²) in [6.45, 7) is 3.53. The van der Waals surface area contributed by atoms with E-state index in [0.29, 0.717) is 18.7 Å². The van der Waals surface area contributed by atoms with E-state index in [1.165, 1.54) is 6.20 Å². The van der Waals surface area contributed by atoms with E-state index in [-0.39, 0.29) is 17.8 Å². The molecular weight excluding hydrogens is 258 g/mol. The second kappa shape index (κ2) is 6.36. The van der Waals surface area contributed by atoms with Crippen LogP contribution in [0.4, 0.5) is 5.82 Å². The monoisotopic (exact) mass is 277 g/mol. The van der Waals surface area contributed by atoms with Gasteiger partial charge in [-0.25, -0.2) is 9.78 Å². The second-order valence-electron chi connectivity index (χ2n) is 4.81. The average Bonchev–Trinajstić information content (AvgIpc) is 2.48. The smallest absolute Gasteiger partial charge is 0.339 e. The molecule has 1 aliphatic rings. The molecule has 0 aromatic carbocycles. The van der Waals surface area contributed by atoms with Gasteiger partial charge in [0.05, 0.1) is 18.1 Å². The normalized spacial score (nSPS) is 18.6. The first-order valence-corrected chi connectivity index (χ1v) is 6.79. The van der Waals surface area contributed by atoms with Gasteiger partial charge in [0.1, 0.15) is 5.82 Å². The Morgan fingerprint density at radius 3 is 2.90 bits per heavy atom. The number of anilines is 1. The SMILES string of the molecule is CCOC(=O)c1ccc(N2CCC[C@H](C(N)=O)C2)nc1. The number of hydrogen-bond donors (Lipinski definition) is 1. The number of amides is 1. The van der Waals surface area contributed by atoms with Crippen molar-refractivity contribution in [1.29, 1.82) is 0 Å². The van der Waals surface area contributed by atoms with E-state index in [2.05, 4.69) is 4.98 Å². The largest absolute Gasteiger partial charge is 0.462 e. The summed E-state index contributed by atoms with van der Waals surface area (Å²) in [5, 5.41) is 0. The van der Waals surface area contributed by atoms with Gasteiger partial charge in [-0.3, -0.25) is 4.79 Å². The summed E-state index contributed by atoms with van der Waals surface area (Å²) in [7, 11) is 0. The van der Waals surface area contributed by atoms with Crippen LogP contribution in [0.3, 0.4) is 0 Å². The number of carbonyl (C=O) groups is 2. The molecule has 20 heavy (non-hydrogen) atoms. The molecule has 2 heterocycles. The van der Waals surface area contributed by atoms with Crippen molar-refractivity contribution >= 4 is 17.7 Å². The van der Waals surface area contributed by atoms with E-state index >= 15 is 0 Å². The third-order valence-electron chi connectivity index (χ3n) is 3.41. The summed E-state index contributed by atoms with van der Waals surface area (Å²) in [5.41, 5.74) is 5.79. The van der Waals surface area contributed by atoms with Crippen molar-refractivity contribution in [3.63, 3.8) is 0 Å². The highest BCUT2D eigenvalue weighted by molar-refractivity contribution is 5.89. The lowest BCUT2D eigenvalue weighted by Crippen LogP contribution is -2.41. The number of nitrogens with zero attached hydrogens (tertiary/aromatic N) is 2. The quantitative estimate of drug-likeness (QED) is 0.828. The number of primary amides is 1. The Morgan fingerprint density at radius 2 is 2.30 bits per heavy atom. The highest BCUT2D eigenvalue weighted by atomic mass is 16.5. The Hall–Kier alpha value is -2.11. The third kappa shape index (κ3) is 3.26. The zero-order valence-corrected chi connectivity index (χ0v) is 11.5. The number of piperidine rings is 1. The van der Waals surface area contributed by atoms with Crippen LogP contribution >= 0.6 is 0 Å².